The Hall–Kier alpha value is -2.85. The molecule has 4 rings (SSSR count). The molecular formula is C20H20N6O2S2. The molecular weight excluding hydrogens is 420 g/mol. The normalized spacial score (nSPS) is 13.4. The zero-order valence-electron chi connectivity index (χ0n) is 16.3. The maximum absolute atomic E-state index is 13.1. The highest BCUT2D eigenvalue weighted by Crippen LogP contribution is 2.34. The second kappa shape index (κ2) is 9.31. The van der Waals surface area contributed by atoms with Gasteiger partial charge in [0.05, 0.1) is 11.4 Å². The summed E-state index contributed by atoms with van der Waals surface area (Å²) in [6, 6.07) is 15.0. The SMILES string of the molecule is Cn1nnnc1SCC(=O)Nc1ccc(C(=O)N2CCCSc3ccccc32)cc1. The van der Waals surface area contributed by atoms with E-state index in [9.17, 15) is 9.59 Å². The van der Waals surface area contributed by atoms with E-state index < -0.39 is 0 Å². The molecule has 0 atom stereocenters. The van der Waals surface area contributed by atoms with Gasteiger partial charge in [-0.3, -0.25) is 9.59 Å². The van der Waals surface area contributed by atoms with E-state index in [0.29, 0.717) is 23.0 Å². The van der Waals surface area contributed by atoms with Gasteiger partial charge < -0.3 is 10.2 Å². The van der Waals surface area contributed by atoms with Crippen LogP contribution in [0.3, 0.4) is 0 Å². The van der Waals surface area contributed by atoms with E-state index in [2.05, 4.69) is 26.9 Å². The number of aromatic nitrogens is 4. The van der Waals surface area contributed by atoms with E-state index in [-0.39, 0.29) is 17.6 Å². The highest BCUT2D eigenvalue weighted by Gasteiger charge is 2.22. The topological polar surface area (TPSA) is 93.0 Å². The third-order valence-corrected chi connectivity index (χ3v) is 6.67. The third kappa shape index (κ3) is 4.65. The number of carbonyl (C=O) groups is 2. The van der Waals surface area contributed by atoms with Gasteiger partial charge in [-0.2, -0.15) is 0 Å². The van der Waals surface area contributed by atoms with Crippen LogP contribution in [-0.4, -0.2) is 50.1 Å². The van der Waals surface area contributed by atoms with Crippen LogP contribution in [0.5, 0.6) is 0 Å². The quantitative estimate of drug-likeness (QED) is 0.610. The van der Waals surface area contributed by atoms with E-state index in [1.54, 1.807) is 43.1 Å². The number of para-hydroxylation sites is 1. The lowest BCUT2D eigenvalue weighted by molar-refractivity contribution is -0.113. The van der Waals surface area contributed by atoms with Crippen LogP contribution in [0.15, 0.2) is 58.6 Å². The maximum atomic E-state index is 13.1. The number of aryl methyl sites for hydroxylation is 1. The number of thioether (sulfide) groups is 2. The number of nitrogens with zero attached hydrogens (tertiary/aromatic N) is 5. The number of anilines is 2. The van der Waals surface area contributed by atoms with Gasteiger partial charge in [0.15, 0.2) is 0 Å². The lowest BCUT2D eigenvalue weighted by atomic mass is 10.1. The highest BCUT2D eigenvalue weighted by atomic mass is 32.2. The summed E-state index contributed by atoms with van der Waals surface area (Å²) < 4.78 is 1.51. The van der Waals surface area contributed by atoms with Crippen LogP contribution >= 0.6 is 23.5 Å². The van der Waals surface area contributed by atoms with Gasteiger partial charge in [0.1, 0.15) is 0 Å². The van der Waals surface area contributed by atoms with Crippen molar-refractivity contribution in [3.8, 4) is 0 Å². The summed E-state index contributed by atoms with van der Waals surface area (Å²) in [5.41, 5.74) is 2.19. The Balaban J connectivity index is 1.40. The minimum atomic E-state index is -0.166. The van der Waals surface area contributed by atoms with Crippen molar-refractivity contribution in [2.24, 2.45) is 7.05 Å². The zero-order valence-corrected chi connectivity index (χ0v) is 17.9. The first-order valence-electron chi connectivity index (χ1n) is 9.40. The molecule has 3 aromatic rings. The number of hydrogen-bond acceptors (Lipinski definition) is 7. The summed E-state index contributed by atoms with van der Waals surface area (Å²) in [6.07, 6.45) is 0.942. The molecule has 0 aliphatic carbocycles. The van der Waals surface area contributed by atoms with Crippen molar-refractivity contribution in [1.82, 2.24) is 20.2 Å². The smallest absolute Gasteiger partial charge is 0.258 e. The number of tetrazole rings is 1. The van der Waals surface area contributed by atoms with E-state index >= 15 is 0 Å². The summed E-state index contributed by atoms with van der Waals surface area (Å²) in [7, 11) is 1.72. The lowest BCUT2D eigenvalue weighted by Crippen LogP contribution is -2.31. The molecule has 0 radical (unpaired) electrons. The van der Waals surface area contributed by atoms with Gasteiger partial charge in [-0.25, -0.2) is 4.68 Å². The van der Waals surface area contributed by atoms with Gasteiger partial charge in [0, 0.05) is 29.7 Å². The zero-order chi connectivity index (χ0) is 20.9. The van der Waals surface area contributed by atoms with Crippen molar-refractivity contribution in [2.75, 3.05) is 28.3 Å². The molecule has 0 spiro atoms. The molecule has 30 heavy (non-hydrogen) atoms. The van der Waals surface area contributed by atoms with Crippen LogP contribution in [0, 0.1) is 0 Å². The Kier molecular flexibility index (Phi) is 6.34. The number of nitrogens with one attached hydrogen (secondary N) is 1. The fraction of sp³-hybridized carbons (Fsp3) is 0.250. The summed E-state index contributed by atoms with van der Waals surface area (Å²) in [4.78, 5) is 28.3. The van der Waals surface area contributed by atoms with Gasteiger partial charge in [-0.05, 0) is 59.0 Å². The van der Waals surface area contributed by atoms with Gasteiger partial charge in [-0.15, -0.1) is 16.9 Å². The second-order valence-electron chi connectivity index (χ2n) is 6.63. The van der Waals surface area contributed by atoms with Crippen LogP contribution in [0.1, 0.15) is 16.8 Å². The van der Waals surface area contributed by atoms with Crippen molar-refractivity contribution < 1.29 is 9.59 Å². The average Bonchev–Trinajstić information content (AvgIpc) is 3.05. The predicted molar refractivity (Wildman–Crippen MR) is 118 cm³/mol. The van der Waals surface area contributed by atoms with Crippen LogP contribution in [0.25, 0.3) is 0 Å². The molecule has 0 fully saturated rings. The number of rotatable bonds is 5. The van der Waals surface area contributed by atoms with Crippen molar-refractivity contribution in [3.63, 3.8) is 0 Å². The van der Waals surface area contributed by atoms with Crippen molar-refractivity contribution in [2.45, 2.75) is 16.5 Å². The number of carbonyl (C=O) groups excluding carboxylic acids is 2. The minimum absolute atomic E-state index is 0.0341. The molecule has 8 nitrogen and oxygen atoms in total. The molecule has 1 aromatic heterocycles. The predicted octanol–water partition coefficient (Wildman–Crippen LogP) is 3.08. The number of fused-ring (bicyclic) bond motifs is 1. The van der Waals surface area contributed by atoms with Crippen LogP contribution in [0.4, 0.5) is 11.4 Å². The summed E-state index contributed by atoms with van der Waals surface area (Å²) >= 11 is 3.04. The van der Waals surface area contributed by atoms with Crippen LogP contribution in [0.2, 0.25) is 0 Å². The molecule has 0 bridgehead atoms. The Morgan fingerprint density at radius 1 is 1.17 bits per heavy atom. The Morgan fingerprint density at radius 2 is 1.97 bits per heavy atom. The first kappa shape index (κ1) is 20.4. The molecule has 1 aliphatic rings. The number of amides is 2. The van der Waals surface area contributed by atoms with E-state index in [1.807, 2.05) is 23.1 Å². The molecule has 154 valence electrons. The molecule has 2 heterocycles. The third-order valence-electron chi connectivity index (χ3n) is 4.51. The van der Waals surface area contributed by atoms with Gasteiger partial charge in [0.2, 0.25) is 11.1 Å². The molecule has 0 saturated carbocycles. The minimum Gasteiger partial charge on any atom is -0.325 e. The first-order valence-corrected chi connectivity index (χ1v) is 11.4. The van der Waals surface area contributed by atoms with E-state index in [0.717, 1.165) is 22.8 Å². The Bertz CT molecular complexity index is 1050. The molecule has 1 N–H and O–H groups in total. The monoisotopic (exact) mass is 440 g/mol. The van der Waals surface area contributed by atoms with Gasteiger partial charge in [0.25, 0.3) is 5.91 Å². The lowest BCUT2D eigenvalue weighted by Gasteiger charge is -2.22. The van der Waals surface area contributed by atoms with Gasteiger partial charge in [-0.1, -0.05) is 23.9 Å². The fourth-order valence-electron chi connectivity index (χ4n) is 3.06. The Labute approximate surface area is 182 Å². The molecule has 0 unspecified atom stereocenters. The number of benzene rings is 2. The summed E-state index contributed by atoms with van der Waals surface area (Å²) in [5, 5.41) is 14.5. The van der Waals surface area contributed by atoms with E-state index in [4.69, 9.17) is 0 Å². The summed E-state index contributed by atoms with van der Waals surface area (Å²) in [5.74, 6) is 0.986. The maximum Gasteiger partial charge on any atom is 0.258 e. The van der Waals surface area contributed by atoms with Crippen molar-refractivity contribution >= 4 is 46.7 Å². The van der Waals surface area contributed by atoms with Gasteiger partial charge >= 0.3 is 0 Å². The first-order chi connectivity index (χ1) is 14.6. The highest BCUT2D eigenvalue weighted by molar-refractivity contribution is 7.99. The largest absolute Gasteiger partial charge is 0.325 e. The van der Waals surface area contributed by atoms with Crippen LogP contribution in [-0.2, 0) is 11.8 Å². The Morgan fingerprint density at radius 3 is 2.73 bits per heavy atom. The molecule has 0 saturated heterocycles. The molecule has 2 amide bonds. The number of hydrogen-bond donors (Lipinski definition) is 1. The average molecular weight is 441 g/mol. The molecule has 1 aliphatic heterocycles. The van der Waals surface area contributed by atoms with Crippen LogP contribution < -0.4 is 10.2 Å². The fourth-order valence-corrected chi connectivity index (χ4v) is 4.71. The summed E-state index contributed by atoms with van der Waals surface area (Å²) in [6.45, 7) is 0.690. The second-order valence-corrected chi connectivity index (χ2v) is 8.71. The van der Waals surface area contributed by atoms with Crippen molar-refractivity contribution in [3.05, 3.63) is 54.1 Å². The molecule has 10 heteroatoms. The van der Waals surface area contributed by atoms with Crippen molar-refractivity contribution in [1.29, 1.82) is 0 Å². The molecule has 2 aromatic carbocycles. The van der Waals surface area contributed by atoms with E-state index in [1.165, 1.54) is 16.4 Å². The standard InChI is InChI=1S/C20H20N6O2S2/c1-25-20(22-23-24-25)30-13-18(27)21-15-9-7-14(8-10-15)19(28)26-11-4-12-29-17-6-3-2-5-16(17)26/h2-3,5-10H,4,11-13H2,1H3,(H,21,27).